The van der Waals surface area contributed by atoms with Crippen molar-refractivity contribution < 1.29 is 28.8 Å². The molecule has 6 amide bonds. The monoisotopic (exact) mass is 725 g/mol. The average molecular weight is 726 g/mol. The lowest BCUT2D eigenvalue weighted by atomic mass is 10.2. The van der Waals surface area contributed by atoms with Crippen molar-refractivity contribution in [1.82, 2.24) is 28.2 Å². The van der Waals surface area contributed by atoms with E-state index in [4.69, 9.17) is 16.9 Å². The van der Waals surface area contributed by atoms with E-state index in [0.29, 0.717) is 5.69 Å². The first-order valence-corrected chi connectivity index (χ1v) is 16.0. The van der Waals surface area contributed by atoms with Crippen LogP contribution < -0.4 is 38.1 Å². The molecule has 0 bridgehead atoms. The standard InChI is InChI=1S/C34H39N13O6/c1-43-12-20(30(49)38-7-6-28(35)36)23(15-43)40-31(50)21-13-44(2)16-24(21)41-32(51)22-14-45(3)17-25(22)42-34(53)27-9-19(11-47(27)5)39-33(52)26-8-18(29(37)48)10-46(26)4/h8-17H,6-7H2,1-5H3,(H3,35,36)(H2,37,48)(H,38,49)(H,39,52)(H,40,50)(H,41,51)(H,42,53). The summed E-state index contributed by atoms with van der Waals surface area (Å²) >= 11 is 0. The maximum absolute atomic E-state index is 13.6. The maximum atomic E-state index is 13.6. The molecule has 0 saturated carbocycles. The van der Waals surface area contributed by atoms with Gasteiger partial charge in [0.25, 0.3) is 29.5 Å². The van der Waals surface area contributed by atoms with Crippen LogP contribution in [0.2, 0.25) is 0 Å². The van der Waals surface area contributed by atoms with E-state index in [0.717, 1.165) is 0 Å². The summed E-state index contributed by atoms with van der Waals surface area (Å²) in [6.45, 7) is 0.147. The van der Waals surface area contributed by atoms with Gasteiger partial charge in [0.1, 0.15) is 11.4 Å². The van der Waals surface area contributed by atoms with E-state index in [1.165, 1.54) is 58.4 Å². The van der Waals surface area contributed by atoms with Crippen molar-refractivity contribution >= 4 is 64.0 Å². The fraction of sp³-hybridized carbons (Fsp3) is 0.206. The van der Waals surface area contributed by atoms with Gasteiger partial charge in [-0.2, -0.15) is 0 Å². The molecule has 0 atom stereocenters. The summed E-state index contributed by atoms with van der Waals surface area (Å²) < 4.78 is 7.72. The highest BCUT2D eigenvalue weighted by Crippen LogP contribution is 2.25. The second kappa shape index (κ2) is 14.9. The number of primary amides is 1. The molecule has 0 fully saturated rings. The number of anilines is 4. The molecule has 0 unspecified atom stereocenters. The molecule has 0 aliphatic carbocycles. The van der Waals surface area contributed by atoms with Crippen LogP contribution in [0.5, 0.6) is 0 Å². The number of amidine groups is 1. The quantitative estimate of drug-likeness (QED) is 0.0655. The molecule has 0 spiro atoms. The van der Waals surface area contributed by atoms with E-state index < -0.39 is 35.4 Å². The van der Waals surface area contributed by atoms with E-state index in [-0.39, 0.29) is 69.5 Å². The molecule has 0 aliphatic heterocycles. The Morgan fingerprint density at radius 3 is 1.47 bits per heavy atom. The van der Waals surface area contributed by atoms with Gasteiger partial charge in [0.2, 0.25) is 5.91 Å². The van der Waals surface area contributed by atoms with Crippen molar-refractivity contribution in [3.05, 3.63) is 95.3 Å². The van der Waals surface area contributed by atoms with Gasteiger partial charge in [-0.15, -0.1) is 0 Å². The van der Waals surface area contributed by atoms with Gasteiger partial charge >= 0.3 is 0 Å². The Labute approximate surface area is 302 Å². The highest BCUT2D eigenvalue weighted by atomic mass is 16.2. The van der Waals surface area contributed by atoms with E-state index in [2.05, 4.69) is 26.6 Å². The summed E-state index contributed by atoms with van der Waals surface area (Å²) in [5.41, 5.74) is 12.5. The average Bonchev–Trinajstić information content (AvgIpc) is 3.89. The number of rotatable bonds is 13. The van der Waals surface area contributed by atoms with Crippen LogP contribution in [0.15, 0.2) is 61.7 Å². The zero-order valence-electron chi connectivity index (χ0n) is 29.5. The number of aryl methyl sites for hydroxylation is 5. The lowest BCUT2D eigenvalue weighted by molar-refractivity contribution is 0.0952. The van der Waals surface area contributed by atoms with Crippen LogP contribution >= 0.6 is 0 Å². The predicted octanol–water partition coefficient (Wildman–Crippen LogP) is 1.54. The Balaban J connectivity index is 1.28. The van der Waals surface area contributed by atoms with Gasteiger partial charge in [-0.05, 0) is 12.1 Å². The number of hydrogen-bond acceptors (Lipinski definition) is 7. The number of carbonyl (C=O) groups excluding carboxylic acids is 6. The van der Waals surface area contributed by atoms with Crippen molar-refractivity contribution in [2.24, 2.45) is 46.7 Å². The van der Waals surface area contributed by atoms with Crippen LogP contribution in [0.3, 0.4) is 0 Å². The van der Waals surface area contributed by atoms with Crippen LogP contribution in [0, 0.1) is 5.41 Å². The van der Waals surface area contributed by atoms with Gasteiger partial charge < -0.3 is 60.9 Å². The van der Waals surface area contributed by atoms with Crippen molar-refractivity contribution in [3.63, 3.8) is 0 Å². The third kappa shape index (κ3) is 8.36. The molecule has 276 valence electrons. The van der Waals surface area contributed by atoms with Gasteiger partial charge in [-0.3, -0.25) is 34.2 Å². The van der Waals surface area contributed by atoms with Gasteiger partial charge in [-0.1, -0.05) is 0 Å². The van der Waals surface area contributed by atoms with Gasteiger partial charge in [0, 0.05) is 97.8 Å². The minimum absolute atomic E-state index is 0.0733. The molecule has 10 N–H and O–H groups in total. The first kappa shape index (κ1) is 37.0. The second-order valence-corrected chi connectivity index (χ2v) is 12.4. The Kier molecular flexibility index (Phi) is 10.4. The summed E-state index contributed by atoms with van der Waals surface area (Å²) in [7, 11) is 8.24. The number of nitrogens with zero attached hydrogens (tertiary/aromatic N) is 5. The lowest BCUT2D eigenvalue weighted by Gasteiger charge is -2.10. The molecule has 5 heterocycles. The van der Waals surface area contributed by atoms with E-state index in [9.17, 15) is 28.8 Å². The molecule has 0 saturated heterocycles. The van der Waals surface area contributed by atoms with Crippen LogP contribution in [0.1, 0.15) is 68.8 Å². The molecule has 0 aromatic carbocycles. The Morgan fingerprint density at radius 1 is 0.566 bits per heavy atom. The van der Waals surface area contributed by atoms with Gasteiger partial charge in [-0.25, -0.2) is 0 Å². The van der Waals surface area contributed by atoms with Gasteiger partial charge in [0.05, 0.1) is 50.8 Å². The number of hydrogen-bond donors (Lipinski definition) is 8. The predicted molar refractivity (Wildman–Crippen MR) is 196 cm³/mol. The number of carbonyl (C=O) groups is 6. The maximum Gasteiger partial charge on any atom is 0.272 e. The summed E-state index contributed by atoms with van der Waals surface area (Å²) in [5, 5.41) is 20.9. The zero-order chi connectivity index (χ0) is 38.7. The molecule has 5 aromatic rings. The van der Waals surface area contributed by atoms with Crippen LogP contribution in [-0.2, 0) is 35.2 Å². The Hall–Kier alpha value is -7.31. The normalized spacial score (nSPS) is 10.8. The molecule has 53 heavy (non-hydrogen) atoms. The summed E-state index contributed by atoms with van der Waals surface area (Å²) in [4.78, 5) is 77.7. The number of nitrogens with two attached hydrogens (primary N) is 2. The number of nitrogens with one attached hydrogen (secondary N) is 6. The first-order valence-electron chi connectivity index (χ1n) is 16.0. The number of amides is 6. The third-order valence-electron chi connectivity index (χ3n) is 8.04. The minimum atomic E-state index is -0.675. The molecule has 19 nitrogen and oxygen atoms in total. The van der Waals surface area contributed by atoms with Gasteiger partial charge in [0.15, 0.2) is 0 Å². The Morgan fingerprint density at radius 2 is 1.00 bits per heavy atom. The van der Waals surface area contributed by atoms with Crippen LogP contribution in [0.25, 0.3) is 0 Å². The van der Waals surface area contributed by atoms with Crippen LogP contribution in [-0.4, -0.2) is 70.7 Å². The highest BCUT2D eigenvalue weighted by molar-refractivity contribution is 6.16. The van der Waals surface area contributed by atoms with Crippen molar-refractivity contribution in [3.8, 4) is 0 Å². The second-order valence-electron chi connectivity index (χ2n) is 12.4. The molecule has 0 aliphatic rings. The summed E-state index contributed by atoms with van der Waals surface area (Å²) in [6, 6.07) is 2.82. The molecular formula is C34H39N13O6. The largest absolute Gasteiger partial charge is 0.388 e. The van der Waals surface area contributed by atoms with Crippen molar-refractivity contribution in [2.75, 3.05) is 27.8 Å². The van der Waals surface area contributed by atoms with E-state index in [1.54, 1.807) is 61.3 Å². The summed E-state index contributed by atoms with van der Waals surface area (Å²) in [5.74, 6) is -3.54. The SMILES string of the molecule is Cn1cc(NC(=O)c2cn(C)cc2NC(=O)c2cn(C)cc2NC(=O)c2cc(NC(=O)c3cc(C(N)=O)cn3C)cn2C)c(C(=O)NCCC(=N)N)c1. The van der Waals surface area contributed by atoms with E-state index >= 15 is 0 Å². The smallest absolute Gasteiger partial charge is 0.272 e. The molecule has 5 aromatic heterocycles. The molecule has 0 radical (unpaired) electrons. The summed E-state index contributed by atoms with van der Waals surface area (Å²) in [6.07, 6.45) is 12.3. The van der Waals surface area contributed by atoms with Crippen molar-refractivity contribution in [1.29, 1.82) is 5.41 Å². The zero-order valence-corrected chi connectivity index (χ0v) is 29.5. The third-order valence-corrected chi connectivity index (χ3v) is 8.04. The lowest BCUT2D eigenvalue weighted by Crippen LogP contribution is -2.28. The first-order chi connectivity index (χ1) is 25.0. The van der Waals surface area contributed by atoms with Crippen LogP contribution in [0.4, 0.5) is 22.7 Å². The minimum Gasteiger partial charge on any atom is -0.388 e. The fourth-order valence-corrected chi connectivity index (χ4v) is 5.54. The fourth-order valence-electron chi connectivity index (χ4n) is 5.54. The molecule has 19 heteroatoms. The van der Waals surface area contributed by atoms with Crippen molar-refractivity contribution in [2.45, 2.75) is 6.42 Å². The number of aromatic nitrogens is 5. The molecule has 5 rings (SSSR count). The topological polar surface area (TPSA) is 263 Å². The Bertz CT molecular complexity index is 2300. The molecular weight excluding hydrogens is 686 g/mol. The highest BCUT2D eigenvalue weighted by Gasteiger charge is 2.24. The van der Waals surface area contributed by atoms with E-state index in [1.807, 2.05) is 0 Å².